The standard InChI is InChI=1S/C16H15NO7S2/c1-8(15(21)22)24-10-4-3-9(5-11(10)23-2)6-12-14(20)17(7-13(18)19)16(25)26-12/h3-6,8H,7H2,1-2H3,(H,18,19)(H,21,22)/b12-6-/t8-/m0/s1. The van der Waals surface area contributed by atoms with E-state index in [1.807, 2.05) is 0 Å². The highest BCUT2D eigenvalue weighted by atomic mass is 32.2. The number of methoxy groups -OCH3 is 1. The zero-order chi connectivity index (χ0) is 19.4. The minimum absolute atomic E-state index is 0.172. The minimum atomic E-state index is -1.15. The fraction of sp³-hybridized carbons (Fsp3) is 0.250. The number of benzene rings is 1. The van der Waals surface area contributed by atoms with Gasteiger partial charge in [-0.15, -0.1) is 0 Å². The van der Waals surface area contributed by atoms with Gasteiger partial charge in [-0.3, -0.25) is 14.5 Å². The van der Waals surface area contributed by atoms with Gasteiger partial charge < -0.3 is 19.7 Å². The molecule has 26 heavy (non-hydrogen) atoms. The van der Waals surface area contributed by atoms with Crippen LogP contribution in [0.3, 0.4) is 0 Å². The van der Waals surface area contributed by atoms with E-state index < -0.39 is 30.5 Å². The van der Waals surface area contributed by atoms with Crippen molar-refractivity contribution in [2.24, 2.45) is 0 Å². The number of carbonyl (C=O) groups is 3. The SMILES string of the molecule is COc1cc(/C=C2\SC(=S)N(CC(=O)O)C2=O)ccc1O[C@@H](C)C(=O)O. The lowest BCUT2D eigenvalue weighted by molar-refractivity contribution is -0.144. The Morgan fingerprint density at radius 3 is 2.62 bits per heavy atom. The largest absolute Gasteiger partial charge is 0.493 e. The molecule has 1 amide bonds. The maximum atomic E-state index is 12.3. The van der Waals surface area contributed by atoms with Crippen molar-refractivity contribution in [3.63, 3.8) is 0 Å². The summed E-state index contributed by atoms with van der Waals surface area (Å²) in [5, 5.41) is 17.8. The van der Waals surface area contributed by atoms with Gasteiger partial charge in [-0.05, 0) is 30.7 Å². The van der Waals surface area contributed by atoms with Gasteiger partial charge >= 0.3 is 11.9 Å². The molecule has 0 radical (unpaired) electrons. The maximum absolute atomic E-state index is 12.3. The number of thiocarbonyl (C=S) groups is 1. The summed E-state index contributed by atoms with van der Waals surface area (Å²) >= 11 is 6.04. The van der Waals surface area contributed by atoms with Crippen LogP contribution in [0.4, 0.5) is 0 Å². The number of nitrogens with zero attached hydrogens (tertiary/aromatic N) is 1. The van der Waals surface area contributed by atoms with Crippen LogP contribution in [0.1, 0.15) is 12.5 Å². The summed E-state index contributed by atoms with van der Waals surface area (Å²) in [7, 11) is 1.41. The minimum Gasteiger partial charge on any atom is -0.493 e. The molecule has 1 aliphatic rings. The molecule has 2 rings (SSSR count). The molecule has 2 N–H and O–H groups in total. The molecule has 1 fully saturated rings. The summed E-state index contributed by atoms with van der Waals surface area (Å²) in [6.45, 7) is 0.897. The Kier molecular flexibility index (Phi) is 6.22. The van der Waals surface area contributed by atoms with Crippen molar-refractivity contribution in [1.29, 1.82) is 0 Å². The molecule has 1 heterocycles. The second-order valence-electron chi connectivity index (χ2n) is 5.17. The number of hydrogen-bond acceptors (Lipinski definition) is 7. The summed E-state index contributed by atoms with van der Waals surface area (Å²) in [6.07, 6.45) is 0.496. The third-order valence-corrected chi connectivity index (χ3v) is 4.68. The number of ether oxygens (including phenoxy) is 2. The number of thioether (sulfide) groups is 1. The fourth-order valence-corrected chi connectivity index (χ4v) is 3.29. The third-order valence-electron chi connectivity index (χ3n) is 3.30. The number of hydrogen-bond donors (Lipinski definition) is 2. The lowest BCUT2D eigenvalue weighted by atomic mass is 10.2. The first-order chi connectivity index (χ1) is 12.2. The summed E-state index contributed by atoms with van der Waals surface area (Å²) in [5.74, 6) is -2.21. The van der Waals surface area contributed by atoms with Crippen molar-refractivity contribution in [3.8, 4) is 11.5 Å². The second-order valence-corrected chi connectivity index (χ2v) is 6.85. The average Bonchev–Trinajstić information content (AvgIpc) is 2.83. The lowest BCUT2D eigenvalue weighted by Gasteiger charge is -2.14. The van der Waals surface area contributed by atoms with Gasteiger partial charge in [0.05, 0.1) is 12.0 Å². The van der Waals surface area contributed by atoms with E-state index in [0.29, 0.717) is 11.3 Å². The molecule has 0 bridgehead atoms. The van der Waals surface area contributed by atoms with Crippen LogP contribution >= 0.6 is 24.0 Å². The number of carboxylic acid groups (broad SMARTS) is 2. The van der Waals surface area contributed by atoms with Crippen molar-refractivity contribution in [3.05, 3.63) is 28.7 Å². The number of rotatable bonds is 7. The van der Waals surface area contributed by atoms with Crippen molar-refractivity contribution >= 4 is 52.2 Å². The lowest BCUT2D eigenvalue weighted by Crippen LogP contribution is -2.33. The number of aliphatic carboxylic acids is 2. The van der Waals surface area contributed by atoms with E-state index in [-0.39, 0.29) is 15.0 Å². The normalized spacial score (nSPS) is 16.7. The first-order valence-electron chi connectivity index (χ1n) is 7.27. The van der Waals surface area contributed by atoms with Crippen LogP contribution in [0.15, 0.2) is 23.1 Å². The molecule has 1 atom stereocenters. The summed E-state index contributed by atoms with van der Waals surface area (Å²) in [4.78, 5) is 35.3. The molecule has 0 aliphatic carbocycles. The Morgan fingerprint density at radius 1 is 1.35 bits per heavy atom. The van der Waals surface area contributed by atoms with Gasteiger partial charge in [0, 0.05) is 0 Å². The highest BCUT2D eigenvalue weighted by Gasteiger charge is 2.33. The van der Waals surface area contributed by atoms with Crippen LogP contribution in [0.5, 0.6) is 11.5 Å². The van der Waals surface area contributed by atoms with E-state index in [2.05, 4.69) is 0 Å². The van der Waals surface area contributed by atoms with Crippen molar-refractivity contribution < 1.29 is 34.1 Å². The fourth-order valence-electron chi connectivity index (χ4n) is 2.04. The van der Waals surface area contributed by atoms with E-state index in [0.717, 1.165) is 16.7 Å². The Bertz CT molecular complexity index is 806. The van der Waals surface area contributed by atoms with Gasteiger partial charge in [0.15, 0.2) is 17.6 Å². The number of carboxylic acids is 2. The Hall–Kier alpha value is -2.59. The van der Waals surface area contributed by atoms with Crippen molar-refractivity contribution in [2.75, 3.05) is 13.7 Å². The van der Waals surface area contributed by atoms with Crippen molar-refractivity contribution in [2.45, 2.75) is 13.0 Å². The summed E-state index contributed by atoms with van der Waals surface area (Å²) in [6, 6.07) is 4.73. The van der Waals surface area contributed by atoms with Crippen LogP contribution in [-0.4, -0.2) is 57.0 Å². The predicted octanol–water partition coefficient (Wildman–Crippen LogP) is 1.83. The molecule has 10 heteroatoms. The summed E-state index contributed by atoms with van der Waals surface area (Å²) < 4.78 is 10.7. The second kappa shape index (κ2) is 8.19. The van der Waals surface area contributed by atoms with E-state index in [1.54, 1.807) is 18.2 Å². The van der Waals surface area contributed by atoms with E-state index in [4.69, 9.17) is 31.9 Å². The number of amides is 1. The van der Waals surface area contributed by atoms with Crippen LogP contribution in [0.25, 0.3) is 6.08 Å². The molecular weight excluding hydrogens is 382 g/mol. The first-order valence-corrected chi connectivity index (χ1v) is 8.50. The van der Waals surface area contributed by atoms with Gasteiger partial charge in [0.25, 0.3) is 5.91 Å². The highest BCUT2D eigenvalue weighted by molar-refractivity contribution is 8.26. The topological polar surface area (TPSA) is 113 Å². The molecule has 0 aromatic heterocycles. The van der Waals surface area contributed by atoms with Gasteiger partial charge in [-0.1, -0.05) is 30.0 Å². The molecule has 1 aliphatic heterocycles. The highest BCUT2D eigenvalue weighted by Crippen LogP contribution is 2.34. The van der Waals surface area contributed by atoms with E-state index in [1.165, 1.54) is 20.1 Å². The maximum Gasteiger partial charge on any atom is 0.344 e. The van der Waals surface area contributed by atoms with Gasteiger partial charge in [0.1, 0.15) is 10.9 Å². The molecule has 1 saturated heterocycles. The molecule has 1 aromatic rings. The molecule has 0 unspecified atom stereocenters. The van der Waals surface area contributed by atoms with Gasteiger partial charge in [-0.2, -0.15) is 0 Å². The average molecular weight is 397 g/mol. The monoisotopic (exact) mass is 397 g/mol. The van der Waals surface area contributed by atoms with Gasteiger partial charge in [-0.25, -0.2) is 4.79 Å². The van der Waals surface area contributed by atoms with Crippen molar-refractivity contribution in [1.82, 2.24) is 4.90 Å². The van der Waals surface area contributed by atoms with Gasteiger partial charge in [0.2, 0.25) is 0 Å². The smallest absolute Gasteiger partial charge is 0.344 e. The predicted molar refractivity (Wildman–Crippen MR) is 98.2 cm³/mol. The Morgan fingerprint density at radius 2 is 2.04 bits per heavy atom. The van der Waals surface area contributed by atoms with Crippen LogP contribution in [0.2, 0.25) is 0 Å². The number of carbonyl (C=O) groups excluding carboxylic acids is 1. The van der Waals surface area contributed by atoms with E-state index in [9.17, 15) is 14.4 Å². The third kappa shape index (κ3) is 4.52. The molecule has 138 valence electrons. The zero-order valence-electron chi connectivity index (χ0n) is 13.8. The van der Waals surface area contributed by atoms with Crippen LogP contribution in [0, 0.1) is 0 Å². The molecule has 1 aromatic carbocycles. The van der Waals surface area contributed by atoms with Crippen LogP contribution < -0.4 is 9.47 Å². The van der Waals surface area contributed by atoms with E-state index >= 15 is 0 Å². The zero-order valence-corrected chi connectivity index (χ0v) is 15.4. The van der Waals surface area contributed by atoms with Crippen LogP contribution in [-0.2, 0) is 14.4 Å². The molecule has 0 spiro atoms. The first kappa shape index (κ1) is 19.7. The molecule has 8 nitrogen and oxygen atoms in total. The Balaban J connectivity index is 2.25. The molecular formula is C16H15NO7S2. The molecule has 0 saturated carbocycles. The Labute approximate surface area is 158 Å². The summed E-state index contributed by atoms with van der Waals surface area (Å²) in [5.41, 5.74) is 0.591. The quantitative estimate of drug-likeness (QED) is 0.525.